The Morgan fingerprint density at radius 2 is 1.70 bits per heavy atom. The molecule has 0 unspecified atom stereocenters. The van der Waals surface area contributed by atoms with Gasteiger partial charge in [0.05, 0.1) is 21.3 Å². The van der Waals surface area contributed by atoms with Gasteiger partial charge in [0.1, 0.15) is 5.75 Å². The van der Waals surface area contributed by atoms with Gasteiger partial charge >= 0.3 is 0 Å². The van der Waals surface area contributed by atoms with Crippen molar-refractivity contribution in [2.24, 2.45) is 4.99 Å². The van der Waals surface area contributed by atoms with Crippen molar-refractivity contribution < 1.29 is 19.0 Å². The number of ether oxygens (including phenoxy) is 3. The Morgan fingerprint density at radius 1 is 0.946 bits per heavy atom. The minimum absolute atomic E-state index is 0.242. The monoisotopic (exact) mass is 502 g/mol. The Bertz CT molecular complexity index is 1430. The molecule has 10 nitrogen and oxygen atoms in total. The van der Waals surface area contributed by atoms with Gasteiger partial charge in [0, 0.05) is 46.7 Å². The largest absolute Gasteiger partial charge is 0.497 e. The van der Waals surface area contributed by atoms with E-state index in [4.69, 9.17) is 14.2 Å². The lowest BCUT2D eigenvalue weighted by Crippen LogP contribution is -2.37. The molecule has 0 atom stereocenters. The highest BCUT2D eigenvalue weighted by molar-refractivity contribution is 6.09. The molecule has 192 valence electrons. The molecule has 0 bridgehead atoms. The average molecular weight is 503 g/mol. The number of rotatable bonds is 8. The lowest BCUT2D eigenvalue weighted by atomic mass is 10.1. The number of guanidine groups is 1. The van der Waals surface area contributed by atoms with Crippen LogP contribution in [0.5, 0.6) is 17.2 Å². The average Bonchev–Trinajstić information content (AvgIpc) is 3.29. The summed E-state index contributed by atoms with van der Waals surface area (Å²) in [5.41, 5.74) is 4.08. The van der Waals surface area contributed by atoms with Crippen LogP contribution >= 0.6 is 0 Å². The van der Waals surface area contributed by atoms with Crippen LogP contribution < -0.4 is 24.8 Å². The number of methoxy groups -OCH3 is 3. The first kappa shape index (κ1) is 25.5. The molecule has 10 heteroatoms. The number of nitrogens with one attached hydrogen (secondary N) is 3. The number of carbonyl (C=O) groups excluding carboxylic acids is 1. The maximum atomic E-state index is 13.1. The van der Waals surface area contributed by atoms with E-state index >= 15 is 0 Å². The first-order chi connectivity index (χ1) is 17.9. The third-order valence-corrected chi connectivity index (χ3v) is 5.72. The molecule has 0 aliphatic rings. The molecular formula is C27H30N6O4. The van der Waals surface area contributed by atoms with Crippen LogP contribution in [0.2, 0.25) is 0 Å². The fourth-order valence-electron chi connectivity index (χ4n) is 3.94. The number of aliphatic imine (C=N–C) groups is 1. The number of nitrogens with zero attached hydrogens (tertiary/aromatic N) is 3. The standard InChI is InChI=1S/C27H30N6O4/c1-16-12-17(2)31-27(30-16)33-26(32-25(34)18-6-9-23(36-4)24(13-18)37-5)28-11-10-19-15-29-22-14-20(35-3)7-8-21(19)22/h6-9,12-15,29H,10-11H2,1-5H3,(H2,28,30,31,32,33,34). The Labute approximate surface area is 215 Å². The molecule has 0 spiro atoms. The van der Waals surface area contributed by atoms with Crippen LogP contribution in [0.3, 0.4) is 0 Å². The van der Waals surface area contributed by atoms with Crippen LogP contribution in [0.15, 0.2) is 53.7 Å². The maximum absolute atomic E-state index is 13.1. The molecule has 37 heavy (non-hydrogen) atoms. The summed E-state index contributed by atoms with van der Waals surface area (Å²) in [6.45, 7) is 4.17. The molecule has 1 amide bonds. The number of hydrogen-bond acceptors (Lipinski definition) is 7. The molecule has 2 aromatic carbocycles. The van der Waals surface area contributed by atoms with Crippen LogP contribution in [-0.2, 0) is 6.42 Å². The second-order valence-electron chi connectivity index (χ2n) is 8.33. The Kier molecular flexibility index (Phi) is 7.87. The number of aryl methyl sites for hydroxylation is 2. The molecule has 0 saturated carbocycles. The zero-order chi connectivity index (χ0) is 26.4. The van der Waals surface area contributed by atoms with Gasteiger partial charge in [-0.1, -0.05) is 0 Å². The summed E-state index contributed by atoms with van der Waals surface area (Å²) >= 11 is 0. The van der Waals surface area contributed by atoms with Crippen molar-refractivity contribution in [3.63, 3.8) is 0 Å². The van der Waals surface area contributed by atoms with Crippen molar-refractivity contribution in [1.82, 2.24) is 20.3 Å². The van der Waals surface area contributed by atoms with Crippen LogP contribution in [0.4, 0.5) is 5.95 Å². The minimum atomic E-state index is -0.365. The van der Waals surface area contributed by atoms with Gasteiger partial charge in [-0.05, 0) is 62.2 Å². The van der Waals surface area contributed by atoms with Crippen molar-refractivity contribution in [3.8, 4) is 17.2 Å². The zero-order valence-electron chi connectivity index (χ0n) is 21.5. The summed E-state index contributed by atoms with van der Waals surface area (Å²) in [5, 5.41) is 7.00. The van der Waals surface area contributed by atoms with Crippen molar-refractivity contribution in [2.75, 3.05) is 33.2 Å². The fourth-order valence-corrected chi connectivity index (χ4v) is 3.94. The van der Waals surface area contributed by atoms with E-state index in [-0.39, 0.29) is 11.9 Å². The van der Waals surface area contributed by atoms with E-state index in [1.54, 1.807) is 32.4 Å². The summed E-state index contributed by atoms with van der Waals surface area (Å²) in [7, 11) is 4.70. The summed E-state index contributed by atoms with van der Waals surface area (Å²) < 4.78 is 15.9. The fraction of sp³-hybridized carbons (Fsp3) is 0.259. The Morgan fingerprint density at radius 3 is 2.41 bits per heavy atom. The van der Waals surface area contributed by atoms with Gasteiger partial charge in [-0.15, -0.1) is 0 Å². The number of amides is 1. The predicted octanol–water partition coefficient (Wildman–Crippen LogP) is 4.04. The van der Waals surface area contributed by atoms with Crippen molar-refractivity contribution in [1.29, 1.82) is 0 Å². The van der Waals surface area contributed by atoms with Gasteiger partial charge in [0.25, 0.3) is 5.91 Å². The lowest BCUT2D eigenvalue weighted by molar-refractivity contribution is 0.0976. The van der Waals surface area contributed by atoms with E-state index in [2.05, 4.69) is 30.6 Å². The number of benzene rings is 2. The van der Waals surface area contributed by atoms with E-state index in [9.17, 15) is 4.79 Å². The zero-order valence-corrected chi connectivity index (χ0v) is 21.5. The van der Waals surface area contributed by atoms with E-state index in [1.165, 1.54) is 7.11 Å². The second-order valence-corrected chi connectivity index (χ2v) is 8.33. The molecule has 3 N–H and O–H groups in total. The predicted molar refractivity (Wildman–Crippen MR) is 143 cm³/mol. The van der Waals surface area contributed by atoms with Crippen LogP contribution in [-0.4, -0.2) is 54.7 Å². The van der Waals surface area contributed by atoms with Crippen LogP contribution in [0.1, 0.15) is 27.3 Å². The number of H-pyrrole nitrogens is 1. The lowest BCUT2D eigenvalue weighted by Gasteiger charge is -2.13. The highest BCUT2D eigenvalue weighted by Crippen LogP contribution is 2.27. The summed E-state index contributed by atoms with van der Waals surface area (Å²) in [6.07, 6.45) is 2.61. The number of aromatic nitrogens is 3. The van der Waals surface area contributed by atoms with Gasteiger partial charge in [0.15, 0.2) is 11.5 Å². The number of anilines is 1. The quantitative estimate of drug-likeness (QED) is 0.245. The van der Waals surface area contributed by atoms with Gasteiger partial charge in [-0.3, -0.25) is 20.4 Å². The van der Waals surface area contributed by atoms with E-state index in [0.717, 1.165) is 33.6 Å². The molecule has 0 aliphatic carbocycles. The van der Waals surface area contributed by atoms with Crippen LogP contribution in [0, 0.1) is 13.8 Å². The van der Waals surface area contributed by atoms with Gasteiger partial charge in [-0.25, -0.2) is 9.97 Å². The van der Waals surface area contributed by atoms with E-state index in [0.29, 0.717) is 36.0 Å². The first-order valence-corrected chi connectivity index (χ1v) is 11.7. The molecule has 0 radical (unpaired) electrons. The SMILES string of the molecule is COc1ccc2c(CCN=C(NC(=O)c3ccc(OC)c(OC)c3)Nc3nc(C)cc(C)n3)c[nH]c2c1. The third-order valence-electron chi connectivity index (χ3n) is 5.72. The van der Waals surface area contributed by atoms with Gasteiger partial charge in [0.2, 0.25) is 11.9 Å². The highest BCUT2D eigenvalue weighted by Gasteiger charge is 2.14. The topological polar surface area (TPSA) is 123 Å². The van der Waals surface area contributed by atoms with Crippen molar-refractivity contribution in [2.45, 2.75) is 20.3 Å². The molecule has 0 aliphatic heterocycles. The van der Waals surface area contributed by atoms with E-state index in [1.807, 2.05) is 44.3 Å². The van der Waals surface area contributed by atoms with E-state index < -0.39 is 0 Å². The molecule has 4 rings (SSSR count). The number of carbonyl (C=O) groups is 1. The maximum Gasteiger partial charge on any atom is 0.258 e. The minimum Gasteiger partial charge on any atom is -0.497 e. The molecule has 0 saturated heterocycles. The molecule has 4 aromatic rings. The number of fused-ring (bicyclic) bond motifs is 1. The smallest absolute Gasteiger partial charge is 0.258 e. The summed E-state index contributed by atoms with van der Waals surface area (Å²) in [5.74, 6) is 2.00. The third kappa shape index (κ3) is 6.16. The number of aromatic amines is 1. The normalized spacial score (nSPS) is 11.3. The molecule has 2 heterocycles. The summed E-state index contributed by atoms with van der Waals surface area (Å²) in [4.78, 5) is 29.8. The van der Waals surface area contributed by atoms with Crippen LogP contribution in [0.25, 0.3) is 10.9 Å². The first-order valence-electron chi connectivity index (χ1n) is 11.7. The summed E-state index contributed by atoms with van der Waals surface area (Å²) in [6, 6.07) is 12.7. The van der Waals surface area contributed by atoms with Gasteiger partial charge < -0.3 is 19.2 Å². The number of hydrogen-bond donors (Lipinski definition) is 3. The van der Waals surface area contributed by atoms with Crippen molar-refractivity contribution >= 4 is 28.7 Å². The van der Waals surface area contributed by atoms with Crippen molar-refractivity contribution in [3.05, 3.63) is 71.2 Å². The Hall–Kier alpha value is -4.60. The van der Waals surface area contributed by atoms with Gasteiger partial charge in [-0.2, -0.15) is 0 Å². The highest BCUT2D eigenvalue weighted by atomic mass is 16.5. The Balaban J connectivity index is 1.56. The molecular weight excluding hydrogens is 472 g/mol. The molecule has 0 fully saturated rings. The second kappa shape index (κ2) is 11.4. The molecule has 2 aromatic heterocycles.